The van der Waals surface area contributed by atoms with Crippen LogP contribution < -0.4 is 5.73 Å². The third-order valence-electron chi connectivity index (χ3n) is 3.38. The van der Waals surface area contributed by atoms with Crippen LogP contribution in [0.5, 0.6) is 0 Å². The monoisotopic (exact) mass is 290 g/mol. The molecule has 1 aromatic rings. The average Bonchev–Trinajstić information content (AvgIpc) is 2.82. The highest BCUT2D eigenvalue weighted by Crippen LogP contribution is 2.33. The molecule has 19 heavy (non-hydrogen) atoms. The van der Waals surface area contributed by atoms with Crippen molar-refractivity contribution in [2.24, 2.45) is 5.73 Å². The molecule has 0 bridgehead atoms. The van der Waals surface area contributed by atoms with Gasteiger partial charge in [0.1, 0.15) is 0 Å². The van der Waals surface area contributed by atoms with Gasteiger partial charge in [-0.2, -0.15) is 24.5 Å². The van der Waals surface area contributed by atoms with Crippen molar-refractivity contribution >= 4 is 11.3 Å². The molecule has 0 aliphatic carbocycles. The lowest BCUT2D eigenvalue weighted by Crippen LogP contribution is -2.42. The lowest BCUT2D eigenvalue weighted by molar-refractivity contribution is -0.0965. The van der Waals surface area contributed by atoms with Crippen LogP contribution in [0, 0.1) is 0 Å². The smallest absolute Gasteiger partial charge is 0.326 e. The molecule has 0 saturated heterocycles. The number of nitrogens with two attached hydrogens (primary N) is 1. The average molecular weight is 290 g/mol. The van der Waals surface area contributed by atoms with Crippen molar-refractivity contribution in [1.29, 1.82) is 0 Å². The van der Waals surface area contributed by atoms with Crippen LogP contribution >= 0.6 is 11.3 Å². The molecule has 2 nitrogen and oxygen atoms in total. The highest BCUT2D eigenvalue weighted by molar-refractivity contribution is 7.07. The van der Waals surface area contributed by atoms with Gasteiger partial charge in [-0.25, -0.2) is 0 Å². The van der Waals surface area contributed by atoms with E-state index >= 15 is 0 Å². The quantitative estimate of drug-likeness (QED) is 0.865. The first-order valence-electron chi connectivity index (χ1n) is 6.17. The molecule has 0 fully saturated rings. The Kier molecular flexibility index (Phi) is 4.32. The van der Waals surface area contributed by atoms with E-state index in [-0.39, 0.29) is 18.5 Å². The van der Waals surface area contributed by atoms with Gasteiger partial charge < -0.3 is 5.73 Å². The molecule has 1 aromatic heterocycles. The van der Waals surface area contributed by atoms with Gasteiger partial charge in [0.15, 0.2) is 0 Å². The standard InChI is InChI=1S/C13H17F3N2S/c1-9(17)12(10-4-7-19-8-10)18-5-2-11(3-6-18)13(14,15)16/h2,4,7-9,12H,3,5-6,17H2,1H3. The summed E-state index contributed by atoms with van der Waals surface area (Å²) < 4.78 is 37.8. The Morgan fingerprint density at radius 2 is 2.16 bits per heavy atom. The summed E-state index contributed by atoms with van der Waals surface area (Å²) in [6, 6.07) is 1.86. The molecule has 2 atom stereocenters. The van der Waals surface area contributed by atoms with E-state index in [0.29, 0.717) is 13.1 Å². The zero-order chi connectivity index (χ0) is 14.0. The number of halogens is 3. The highest BCUT2D eigenvalue weighted by Gasteiger charge is 2.36. The molecular formula is C13H17F3N2S. The highest BCUT2D eigenvalue weighted by atomic mass is 32.1. The van der Waals surface area contributed by atoms with E-state index in [4.69, 9.17) is 5.73 Å². The zero-order valence-corrected chi connectivity index (χ0v) is 11.5. The van der Waals surface area contributed by atoms with Crippen molar-refractivity contribution in [1.82, 2.24) is 4.90 Å². The Morgan fingerprint density at radius 3 is 2.58 bits per heavy atom. The first-order chi connectivity index (χ1) is 8.89. The van der Waals surface area contributed by atoms with E-state index < -0.39 is 11.7 Å². The van der Waals surface area contributed by atoms with Crippen molar-refractivity contribution < 1.29 is 13.2 Å². The summed E-state index contributed by atoms with van der Waals surface area (Å²) in [7, 11) is 0. The maximum absolute atomic E-state index is 12.6. The van der Waals surface area contributed by atoms with E-state index in [1.54, 1.807) is 11.3 Å². The van der Waals surface area contributed by atoms with Gasteiger partial charge in [0, 0.05) is 24.7 Å². The molecule has 0 amide bonds. The van der Waals surface area contributed by atoms with E-state index in [0.717, 1.165) is 5.56 Å². The van der Waals surface area contributed by atoms with Crippen LogP contribution in [0.3, 0.4) is 0 Å². The predicted molar refractivity (Wildman–Crippen MR) is 71.0 cm³/mol. The van der Waals surface area contributed by atoms with Gasteiger partial charge in [-0.1, -0.05) is 6.08 Å². The second-order valence-corrected chi connectivity index (χ2v) is 5.61. The van der Waals surface area contributed by atoms with Crippen LogP contribution in [-0.4, -0.2) is 30.2 Å². The minimum absolute atomic E-state index is 0.0164. The van der Waals surface area contributed by atoms with Crippen LogP contribution in [-0.2, 0) is 0 Å². The molecule has 2 unspecified atom stereocenters. The summed E-state index contributed by atoms with van der Waals surface area (Å²) in [5.74, 6) is 0. The Bertz CT molecular complexity index is 437. The van der Waals surface area contributed by atoms with Gasteiger partial charge in [-0.15, -0.1) is 0 Å². The van der Waals surface area contributed by atoms with Gasteiger partial charge in [0.2, 0.25) is 0 Å². The lowest BCUT2D eigenvalue weighted by atomic mass is 9.98. The van der Waals surface area contributed by atoms with Crippen molar-refractivity contribution in [3.63, 3.8) is 0 Å². The largest absolute Gasteiger partial charge is 0.412 e. The maximum Gasteiger partial charge on any atom is 0.412 e. The lowest BCUT2D eigenvalue weighted by Gasteiger charge is -2.36. The van der Waals surface area contributed by atoms with Gasteiger partial charge in [-0.3, -0.25) is 4.90 Å². The zero-order valence-electron chi connectivity index (χ0n) is 10.7. The van der Waals surface area contributed by atoms with Crippen molar-refractivity contribution in [2.75, 3.05) is 13.1 Å². The van der Waals surface area contributed by atoms with Crippen LogP contribution in [0.25, 0.3) is 0 Å². The molecule has 0 spiro atoms. The normalized spacial score (nSPS) is 21.0. The van der Waals surface area contributed by atoms with Crippen molar-refractivity contribution in [3.8, 4) is 0 Å². The van der Waals surface area contributed by atoms with Crippen molar-refractivity contribution in [3.05, 3.63) is 34.0 Å². The van der Waals surface area contributed by atoms with E-state index in [1.165, 1.54) is 6.08 Å². The molecule has 106 valence electrons. The number of alkyl halides is 3. The van der Waals surface area contributed by atoms with E-state index in [1.807, 2.05) is 28.7 Å². The van der Waals surface area contributed by atoms with E-state index in [9.17, 15) is 13.2 Å². The van der Waals surface area contributed by atoms with Crippen LogP contribution in [0.1, 0.15) is 24.9 Å². The predicted octanol–water partition coefficient (Wildman–Crippen LogP) is 3.33. The Hall–Kier alpha value is -0.850. The molecule has 2 heterocycles. The Balaban J connectivity index is 2.13. The molecule has 2 N–H and O–H groups in total. The van der Waals surface area contributed by atoms with E-state index in [2.05, 4.69) is 0 Å². The second kappa shape index (κ2) is 5.64. The third-order valence-corrected chi connectivity index (χ3v) is 4.08. The molecule has 1 aliphatic rings. The van der Waals surface area contributed by atoms with Gasteiger partial charge >= 0.3 is 6.18 Å². The first-order valence-corrected chi connectivity index (χ1v) is 7.12. The molecule has 0 radical (unpaired) electrons. The molecule has 0 aromatic carbocycles. The topological polar surface area (TPSA) is 29.3 Å². The van der Waals surface area contributed by atoms with Gasteiger partial charge in [-0.05, 0) is 35.7 Å². The number of hydrogen-bond acceptors (Lipinski definition) is 3. The number of thiophene rings is 1. The summed E-state index contributed by atoms with van der Waals surface area (Å²) in [4.78, 5) is 2.02. The van der Waals surface area contributed by atoms with Crippen LogP contribution in [0.15, 0.2) is 28.5 Å². The van der Waals surface area contributed by atoms with Gasteiger partial charge in [0.25, 0.3) is 0 Å². The Morgan fingerprint density at radius 1 is 1.42 bits per heavy atom. The molecule has 6 heteroatoms. The fourth-order valence-corrected chi connectivity index (χ4v) is 3.17. The number of hydrogen-bond donors (Lipinski definition) is 1. The molecular weight excluding hydrogens is 273 g/mol. The summed E-state index contributed by atoms with van der Waals surface area (Å²) in [6.45, 7) is 2.59. The van der Waals surface area contributed by atoms with Gasteiger partial charge in [0.05, 0.1) is 6.04 Å². The van der Waals surface area contributed by atoms with Crippen LogP contribution in [0.4, 0.5) is 13.2 Å². The molecule has 2 rings (SSSR count). The summed E-state index contributed by atoms with van der Waals surface area (Å²) >= 11 is 1.58. The fourth-order valence-electron chi connectivity index (χ4n) is 2.49. The minimum Gasteiger partial charge on any atom is -0.326 e. The summed E-state index contributed by atoms with van der Waals surface area (Å²) in [5, 5.41) is 3.97. The minimum atomic E-state index is -4.20. The summed E-state index contributed by atoms with van der Waals surface area (Å²) in [6.07, 6.45) is -2.87. The number of rotatable bonds is 3. The second-order valence-electron chi connectivity index (χ2n) is 4.83. The van der Waals surface area contributed by atoms with Crippen LogP contribution in [0.2, 0.25) is 0 Å². The SMILES string of the molecule is CC(N)C(c1ccsc1)N1CC=C(C(F)(F)F)CC1. The fraction of sp³-hybridized carbons (Fsp3) is 0.538. The molecule has 1 aliphatic heterocycles. The maximum atomic E-state index is 12.6. The third kappa shape index (κ3) is 3.38. The molecule has 0 saturated carbocycles. The summed E-state index contributed by atoms with van der Waals surface area (Å²) in [5.41, 5.74) is 6.67. The van der Waals surface area contributed by atoms with Crippen molar-refractivity contribution in [2.45, 2.75) is 31.6 Å². The Labute approximate surface area is 114 Å². The number of nitrogens with zero attached hydrogens (tertiary/aromatic N) is 1. The first kappa shape index (κ1) is 14.6.